The quantitative estimate of drug-likeness (QED) is 0.367. The molecule has 0 fully saturated rings. The molecule has 0 atom stereocenters. The van der Waals surface area contributed by atoms with Gasteiger partial charge in [-0.25, -0.2) is 4.79 Å². The molecule has 0 bridgehead atoms. The molecule has 5 N–H and O–H groups in total. The number of nitrogens with two attached hydrogens (primary N) is 2. The van der Waals surface area contributed by atoms with Gasteiger partial charge < -0.3 is 16.6 Å². The van der Waals surface area contributed by atoms with E-state index >= 15 is 0 Å². The fourth-order valence-corrected chi connectivity index (χ4v) is 0.426. The highest BCUT2D eigenvalue weighted by atomic mass is 16.4. The molecule has 0 aliphatic carbocycles. The first kappa shape index (κ1) is 8.55. The van der Waals surface area contributed by atoms with E-state index in [-0.39, 0.29) is 5.57 Å². The van der Waals surface area contributed by atoms with Crippen LogP contribution in [-0.4, -0.2) is 11.1 Å². The third-order valence-electron chi connectivity index (χ3n) is 0.810. The number of carboxylic acid groups (broad SMARTS) is 1. The van der Waals surface area contributed by atoms with Crippen LogP contribution in [0.25, 0.3) is 0 Å². The van der Waals surface area contributed by atoms with Gasteiger partial charge in [-0.1, -0.05) is 0 Å². The highest BCUT2D eigenvalue weighted by molar-refractivity contribution is 5.89. The average molecular weight is 142 g/mol. The molecule has 0 amide bonds. The second-order valence-corrected chi connectivity index (χ2v) is 1.82. The number of allylic oxidation sites excluding steroid dienone is 1. The second kappa shape index (κ2) is 3.55. The first-order chi connectivity index (χ1) is 4.57. The zero-order chi connectivity index (χ0) is 8.15. The van der Waals surface area contributed by atoms with Gasteiger partial charge in [0.1, 0.15) is 0 Å². The lowest BCUT2D eigenvalue weighted by Crippen LogP contribution is -2.03. The van der Waals surface area contributed by atoms with Gasteiger partial charge in [0.2, 0.25) is 0 Å². The van der Waals surface area contributed by atoms with Crippen molar-refractivity contribution in [2.75, 3.05) is 0 Å². The molecule has 0 aliphatic rings. The Morgan fingerprint density at radius 1 is 1.60 bits per heavy atom. The van der Waals surface area contributed by atoms with Gasteiger partial charge in [-0.15, -0.1) is 0 Å². The molecule has 0 saturated carbocycles. The Kier molecular flexibility index (Phi) is 3.04. The van der Waals surface area contributed by atoms with Crippen LogP contribution in [-0.2, 0) is 4.79 Å². The number of hydrogen-bond acceptors (Lipinski definition) is 3. The summed E-state index contributed by atoms with van der Waals surface area (Å²) in [6.45, 7) is 1.59. The maximum absolute atomic E-state index is 10.2. The zero-order valence-electron chi connectivity index (χ0n) is 5.66. The first-order valence-electron chi connectivity index (χ1n) is 2.67. The number of hydrogen-bond donors (Lipinski definition) is 3. The number of carbonyl (C=O) groups is 1. The molecule has 0 rings (SSSR count). The van der Waals surface area contributed by atoms with Crippen molar-refractivity contribution in [3.63, 3.8) is 0 Å². The topological polar surface area (TPSA) is 89.3 Å². The van der Waals surface area contributed by atoms with E-state index in [1.54, 1.807) is 6.92 Å². The summed E-state index contributed by atoms with van der Waals surface area (Å²) in [7, 11) is 0. The third kappa shape index (κ3) is 2.76. The predicted molar refractivity (Wildman–Crippen MR) is 37.9 cm³/mol. The van der Waals surface area contributed by atoms with Gasteiger partial charge in [-0.2, -0.15) is 0 Å². The van der Waals surface area contributed by atoms with Gasteiger partial charge in [0.15, 0.2) is 0 Å². The monoisotopic (exact) mass is 142 g/mol. The maximum Gasteiger partial charge on any atom is 0.337 e. The SMILES string of the molecule is C/C(N)=C/C(=C\N)C(=O)O. The van der Waals surface area contributed by atoms with Gasteiger partial charge in [0.05, 0.1) is 5.57 Å². The van der Waals surface area contributed by atoms with E-state index in [9.17, 15) is 4.79 Å². The predicted octanol–water partition coefficient (Wildman–Crippen LogP) is -0.224. The second-order valence-electron chi connectivity index (χ2n) is 1.82. The smallest absolute Gasteiger partial charge is 0.337 e. The third-order valence-corrected chi connectivity index (χ3v) is 0.810. The summed E-state index contributed by atoms with van der Waals surface area (Å²) in [4.78, 5) is 10.2. The summed E-state index contributed by atoms with van der Waals surface area (Å²) in [6.07, 6.45) is 2.29. The highest BCUT2D eigenvalue weighted by Crippen LogP contribution is 1.95. The molecule has 4 nitrogen and oxygen atoms in total. The normalized spacial score (nSPS) is 13.3. The lowest BCUT2D eigenvalue weighted by Gasteiger charge is -1.92. The summed E-state index contributed by atoms with van der Waals surface area (Å²) in [6, 6.07) is 0. The molecule has 4 heteroatoms. The number of aliphatic carboxylic acids is 1. The number of carboxylic acids is 1. The van der Waals surface area contributed by atoms with Crippen LogP contribution < -0.4 is 11.5 Å². The molecule has 10 heavy (non-hydrogen) atoms. The van der Waals surface area contributed by atoms with E-state index in [0.717, 1.165) is 6.20 Å². The molecular weight excluding hydrogens is 132 g/mol. The molecule has 0 aromatic heterocycles. The molecule has 0 spiro atoms. The van der Waals surface area contributed by atoms with Crippen LogP contribution >= 0.6 is 0 Å². The van der Waals surface area contributed by atoms with Crippen LogP contribution in [0, 0.1) is 0 Å². The van der Waals surface area contributed by atoms with Gasteiger partial charge >= 0.3 is 5.97 Å². The summed E-state index contributed by atoms with van der Waals surface area (Å²) in [5, 5.41) is 8.37. The summed E-state index contributed by atoms with van der Waals surface area (Å²) < 4.78 is 0. The molecule has 0 radical (unpaired) electrons. The van der Waals surface area contributed by atoms with Crippen molar-refractivity contribution in [1.29, 1.82) is 0 Å². The Hall–Kier alpha value is -1.45. The van der Waals surface area contributed by atoms with Crippen LogP contribution in [0.5, 0.6) is 0 Å². The lowest BCUT2D eigenvalue weighted by atomic mass is 10.2. The van der Waals surface area contributed by atoms with Crippen LogP contribution in [0.1, 0.15) is 6.92 Å². The summed E-state index contributed by atoms with van der Waals surface area (Å²) in [5.74, 6) is -1.08. The van der Waals surface area contributed by atoms with E-state index < -0.39 is 5.97 Å². The summed E-state index contributed by atoms with van der Waals surface area (Å²) >= 11 is 0. The Morgan fingerprint density at radius 3 is 2.20 bits per heavy atom. The van der Waals surface area contributed by atoms with Crippen molar-refractivity contribution in [3.05, 3.63) is 23.5 Å². The lowest BCUT2D eigenvalue weighted by molar-refractivity contribution is -0.132. The van der Waals surface area contributed by atoms with Crippen molar-refractivity contribution < 1.29 is 9.90 Å². The van der Waals surface area contributed by atoms with Crippen LogP contribution in [0.15, 0.2) is 23.5 Å². The summed E-state index contributed by atoms with van der Waals surface area (Å²) in [5.41, 5.74) is 10.6. The minimum Gasteiger partial charge on any atom is -0.478 e. The Bertz CT molecular complexity index is 190. The van der Waals surface area contributed by atoms with Crippen molar-refractivity contribution in [1.82, 2.24) is 0 Å². The molecular formula is C6H10N2O2. The van der Waals surface area contributed by atoms with Crippen LogP contribution in [0.2, 0.25) is 0 Å². The van der Waals surface area contributed by atoms with E-state index in [2.05, 4.69) is 0 Å². The molecule has 0 heterocycles. The molecule has 0 unspecified atom stereocenters. The zero-order valence-corrected chi connectivity index (χ0v) is 5.66. The fourth-order valence-electron chi connectivity index (χ4n) is 0.426. The van der Waals surface area contributed by atoms with Crippen molar-refractivity contribution in [3.8, 4) is 0 Å². The van der Waals surface area contributed by atoms with E-state index in [4.69, 9.17) is 16.6 Å². The van der Waals surface area contributed by atoms with Gasteiger partial charge in [-0.3, -0.25) is 0 Å². The molecule has 0 aromatic rings. The minimum atomic E-state index is -1.08. The highest BCUT2D eigenvalue weighted by Gasteiger charge is 2.00. The Morgan fingerprint density at radius 2 is 2.10 bits per heavy atom. The Balaban J connectivity index is 4.42. The van der Waals surface area contributed by atoms with Gasteiger partial charge in [0.25, 0.3) is 0 Å². The average Bonchev–Trinajstić information content (AvgIpc) is 1.81. The largest absolute Gasteiger partial charge is 0.478 e. The number of rotatable bonds is 2. The van der Waals surface area contributed by atoms with Crippen molar-refractivity contribution in [2.45, 2.75) is 6.92 Å². The van der Waals surface area contributed by atoms with E-state index in [1.165, 1.54) is 6.08 Å². The minimum absolute atomic E-state index is 0.000000000000000222. The Labute approximate surface area is 58.8 Å². The molecule has 0 saturated heterocycles. The van der Waals surface area contributed by atoms with Crippen LogP contribution in [0.3, 0.4) is 0 Å². The van der Waals surface area contributed by atoms with E-state index in [1.807, 2.05) is 0 Å². The molecule has 56 valence electrons. The van der Waals surface area contributed by atoms with E-state index in [0.29, 0.717) is 5.70 Å². The van der Waals surface area contributed by atoms with Gasteiger partial charge in [0, 0.05) is 11.9 Å². The fraction of sp³-hybridized carbons (Fsp3) is 0.167. The molecule has 0 aliphatic heterocycles. The van der Waals surface area contributed by atoms with Crippen LogP contribution in [0.4, 0.5) is 0 Å². The maximum atomic E-state index is 10.2. The van der Waals surface area contributed by atoms with Crippen molar-refractivity contribution >= 4 is 5.97 Å². The van der Waals surface area contributed by atoms with Gasteiger partial charge in [-0.05, 0) is 13.0 Å². The standard InChI is InChI=1S/C6H10N2O2/c1-4(8)2-5(3-7)6(9)10/h2-3H,7-8H2,1H3,(H,9,10)/b4-2-,5-3+. The molecule has 0 aromatic carbocycles. The first-order valence-corrected chi connectivity index (χ1v) is 2.67. The van der Waals surface area contributed by atoms with Crippen molar-refractivity contribution in [2.24, 2.45) is 11.5 Å².